The zero-order valence-electron chi connectivity index (χ0n) is 16.8. The molecule has 30 heavy (non-hydrogen) atoms. The Hall–Kier alpha value is -3.13. The molecular formula is C22H25N5O3. The Morgan fingerprint density at radius 1 is 1.13 bits per heavy atom. The van der Waals surface area contributed by atoms with Gasteiger partial charge in [0.25, 0.3) is 5.91 Å². The summed E-state index contributed by atoms with van der Waals surface area (Å²) < 4.78 is 12.8. The van der Waals surface area contributed by atoms with Crippen LogP contribution in [0.3, 0.4) is 0 Å². The van der Waals surface area contributed by atoms with E-state index in [0.717, 1.165) is 63.0 Å². The van der Waals surface area contributed by atoms with Crippen LogP contribution in [0.5, 0.6) is 5.75 Å². The average molecular weight is 407 g/mol. The van der Waals surface area contributed by atoms with Gasteiger partial charge >= 0.3 is 0 Å². The second-order valence-corrected chi connectivity index (χ2v) is 7.77. The van der Waals surface area contributed by atoms with Crippen LogP contribution in [0.2, 0.25) is 0 Å². The van der Waals surface area contributed by atoms with Crippen molar-refractivity contribution in [3.8, 4) is 5.75 Å². The van der Waals surface area contributed by atoms with Crippen LogP contribution in [-0.4, -0.2) is 51.8 Å². The van der Waals surface area contributed by atoms with Gasteiger partial charge in [0, 0.05) is 52.0 Å². The van der Waals surface area contributed by atoms with Crippen LogP contribution in [0.15, 0.2) is 41.2 Å². The summed E-state index contributed by atoms with van der Waals surface area (Å²) in [5.41, 5.74) is 3.18. The molecule has 0 atom stereocenters. The fraction of sp³-hybridized carbons (Fsp3) is 0.409. The molecule has 156 valence electrons. The Bertz CT molecular complexity index is 1030. The van der Waals surface area contributed by atoms with Gasteiger partial charge in [0.15, 0.2) is 0 Å². The van der Waals surface area contributed by atoms with E-state index in [1.54, 1.807) is 6.07 Å². The molecule has 2 aliphatic heterocycles. The van der Waals surface area contributed by atoms with E-state index in [9.17, 15) is 4.79 Å². The van der Waals surface area contributed by atoms with Gasteiger partial charge in [-0.25, -0.2) is 0 Å². The van der Waals surface area contributed by atoms with Gasteiger partial charge in [0.2, 0.25) is 0 Å². The molecule has 0 fully saturated rings. The molecule has 0 aliphatic carbocycles. The predicted octanol–water partition coefficient (Wildman–Crippen LogP) is 1.84. The zero-order chi connectivity index (χ0) is 20.3. The van der Waals surface area contributed by atoms with Crippen molar-refractivity contribution in [1.29, 1.82) is 0 Å². The fourth-order valence-corrected chi connectivity index (χ4v) is 4.15. The van der Waals surface area contributed by atoms with E-state index >= 15 is 0 Å². The third-order valence-electron chi connectivity index (χ3n) is 5.77. The number of fused-ring (bicyclic) bond motifs is 2. The first-order valence-corrected chi connectivity index (χ1v) is 10.4. The van der Waals surface area contributed by atoms with Gasteiger partial charge in [-0.2, -0.15) is 0 Å². The number of carbonyl (C=O) groups is 1. The van der Waals surface area contributed by atoms with Gasteiger partial charge in [-0.05, 0) is 23.3 Å². The molecule has 2 aromatic heterocycles. The van der Waals surface area contributed by atoms with Crippen molar-refractivity contribution in [1.82, 2.24) is 25.0 Å². The Morgan fingerprint density at radius 3 is 3.00 bits per heavy atom. The normalized spacial score (nSPS) is 15.9. The number of benzene rings is 1. The number of ether oxygens (including phenoxy) is 1. The van der Waals surface area contributed by atoms with E-state index in [1.165, 1.54) is 23.7 Å². The number of hydrogen-bond donors (Lipinski definition) is 1. The number of amides is 1. The summed E-state index contributed by atoms with van der Waals surface area (Å²) in [6.45, 7) is 5.02. The molecule has 1 amide bonds. The maximum atomic E-state index is 12.0. The molecule has 4 heterocycles. The Labute approximate surface area is 174 Å². The lowest BCUT2D eigenvalue weighted by Gasteiger charge is -2.20. The molecule has 8 heteroatoms. The summed E-state index contributed by atoms with van der Waals surface area (Å²) in [5.74, 6) is 2.85. The largest absolute Gasteiger partial charge is 0.493 e. The molecule has 1 N–H and O–H groups in total. The molecule has 1 aromatic carbocycles. The van der Waals surface area contributed by atoms with E-state index in [2.05, 4.69) is 43.2 Å². The number of furan rings is 1. The molecule has 8 nitrogen and oxygen atoms in total. The van der Waals surface area contributed by atoms with Crippen molar-refractivity contribution in [2.45, 2.75) is 32.4 Å². The second kappa shape index (κ2) is 8.31. The Balaban J connectivity index is 1.17. The monoisotopic (exact) mass is 407 g/mol. The second-order valence-electron chi connectivity index (χ2n) is 7.77. The molecule has 0 saturated carbocycles. The molecule has 0 saturated heterocycles. The zero-order valence-corrected chi connectivity index (χ0v) is 16.8. The Kier molecular flexibility index (Phi) is 5.23. The van der Waals surface area contributed by atoms with E-state index in [1.807, 2.05) is 0 Å². The summed E-state index contributed by atoms with van der Waals surface area (Å²) in [4.78, 5) is 14.5. The van der Waals surface area contributed by atoms with Crippen LogP contribution in [-0.2, 0) is 32.4 Å². The standard InChI is InChI=1S/C22H25N5O3/c28-22(18-5-11-29-15-18)23-7-3-20-24-25-21-4-8-26(9-10-27(20)21)14-16-1-2-19-17(13-16)6-12-30-19/h1-2,5,11,13,15H,3-4,6-10,12,14H2,(H,23,28). The predicted molar refractivity (Wildman–Crippen MR) is 109 cm³/mol. The lowest BCUT2D eigenvalue weighted by Crippen LogP contribution is -2.28. The minimum absolute atomic E-state index is 0.134. The van der Waals surface area contributed by atoms with Crippen molar-refractivity contribution in [3.63, 3.8) is 0 Å². The van der Waals surface area contributed by atoms with Crippen molar-refractivity contribution >= 4 is 5.91 Å². The molecule has 3 aromatic rings. The number of rotatable bonds is 6. The van der Waals surface area contributed by atoms with E-state index < -0.39 is 0 Å². The smallest absolute Gasteiger partial charge is 0.254 e. The third-order valence-corrected chi connectivity index (χ3v) is 5.77. The summed E-state index contributed by atoms with van der Waals surface area (Å²) in [7, 11) is 0. The quantitative estimate of drug-likeness (QED) is 0.671. The average Bonchev–Trinajstić information content (AvgIpc) is 3.49. The van der Waals surface area contributed by atoms with Crippen molar-refractivity contribution in [2.24, 2.45) is 0 Å². The van der Waals surface area contributed by atoms with Gasteiger partial charge in [-0.1, -0.05) is 12.1 Å². The summed E-state index contributed by atoms with van der Waals surface area (Å²) in [6, 6.07) is 8.20. The number of nitrogens with zero attached hydrogens (tertiary/aromatic N) is 4. The highest BCUT2D eigenvalue weighted by atomic mass is 16.5. The number of carbonyl (C=O) groups excluding carboxylic acids is 1. The van der Waals surface area contributed by atoms with Gasteiger partial charge < -0.3 is 19.0 Å². The lowest BCUT2D eigenvalue weighted by molar-refractivity contribution is 0.0953. The van der Waals surface area contributed by atoms with Gasteiger partial charge in [-0.15, -0.1) is 10.2 Å². The highest BCUT2D eigenvalue weighted by Crippen LogP contribution is 2.26. The van der Waals surface area contributed by atoms with Crippen LogP contribution >= 0.6 is 0 Å². The topological polar surface area (TPSA) is 85.4 Å². The maximum Gasteiger partial charge on any atom is 0.254 e. The first kappa shape index (κ1) is 18.9. The van der Waals surface area contributed by atoms with Gasteiger partial charge in [0.05, 0.1) is 18.4 Å². The summed E-state index contributed by atoms with van der Waals surface area (Å²) >= 11 is 0. The minimum atomic E-state index is -0.134. The SMILES string of the molecule is O=C(NCCc1nnc2n1CCN(Cc1ccc3c(c1)CCO3)CC2)c1ccoc1. The van der Waals surface area contributed by atoms with Gasteiger partial charge in [0.1, 0.15) is 23.7 Å². The summed E-state index contributed by atoms with van der Waals surface area (Å²) in [5, 5.41) is 11.7. The van der Waals surface area contributed by atoms with E-state index in [4.69, 9.17) is 9.15 Å². The number of hydrogen-bond acceptors (Lipinski definition) is 6. The van der Waals surface area contributed by atoms with Crippen LogP contribution in [0.4, 0.5) is 0 Å². The van der Waals surface area contributed by atoms with Crippen LogP contribution in [0.1, 0.15) is 33.1 Å². The van der Waals surface area contributed by atoms with Gasteiger partial charge in [-0.3, -0.25) is 9.69 Å². The first-order valence-electron chi connectivity index (χ1n) is 10.4. The Morgan fingerprint density at radius 2 is 2.10 bits per heavy atom. The number of aromatic nitrogens is 3. The molecular weight excluding hydrogens is 382 g/mol. The summed E-state index contributed by atoms with van der Waals surface area (Å²) in [6.07, 6.45) is 5.48. The molecule has 0 bridgehead atoms. The number of nitrogens with one attached hydrogen (secondary N) is 1. The van der Waals surface area contributed by atoms with E-state index in [-0.39, 0.29) is 5.91 Å². The molecule has 0 spiro atoms. The maximum absolute atomic E-state index is 12.0. The highest BCUT2D eigenvalue weighted by molar-refractivity contribution is 5.93. The van der Waals surface area contributed by atoms with Crippen LogP contribution in [0, 0.1) is 0 Å². The molecule has 0 unspecified atom stereocenters. The molecule has 2 aliphatic rings. The van der Waals surface area contributed by atoms with Crippen LogP contribution < -0.4 is 10.1 Å². The van der Waals surface area contributed by atoms with Crippen molar-refractivity contribution < 1.29 is 13.9 Å². The third kappa shape index (κ3) is 3.95. The fourth-order valence-electron chi connectivity index (χ4n) is 4.15. The van der Waals surface area contributed by atoms with Crippen molar-refractivity contribution in [3.05, 3.63) is 65.1 Å². The minimum Gasteiger partial charge on any atom is -0.493 e. The van der Waals surface area contributed by atoms with Crippen LogP contribution in [0.25, 0.3) is 0 Å². The van der Waals surface area contributed by atoms with E-state index in [0.29, 0.717) is 18.5 Å². The van der Waals surface area contributed by atoms with Crippen molar-refractivity contribution in [2.75, 3.05) is 26.2 Å². The highest BCUT2D eigenvalue weighted by Gasteiger charge is 2.20. The molecule has 0 radical (unpaired) electrons. The first-order chi connectivity index (χ1) is 14.8. The molecule has 5 rings (SSSR count). The lowest BCUT2D eigenvalue weighted by atomic mass is 10.1.